The van der Waals surface area contributed by atoms with E-state index in [-0.39, 0.29) is 17.3 Å². The number of benzene rings is 1. The smallest absolute Gasteiger partial charge is 0.277 e. The van der Waals surface area contributed by atoms with Gasteiger partial charge in [-0.1, -0.05) is 6.07 Å². The van der Waals surface area contributed by atoms with Gasteiger partial charge in [0, 0.05) is 23.7 Å². The van der Waals surface area contributed by atoms with Gasteiger partial charge in [0.2, 0.25) is 0 Å². The lowest BCUT2D eigenvalue weighted by Crippen LogP contribution is -2.16. The molecule has 26 heavy (non-hydrogen) atoms. The highest BCUT2D eigenvalue weighted by Crippen LogP contribution is 2.57. The third kappa shape index (κ3) is 2.31. The molecule has 5 nitrogen and oxygen atoms in total. The molecule has 5 rings (SSSR count). The van der Waals surface area contributed by atoms with E-state index in [0.717, 1.165) is 30.2 Å². The summed E-state index contributed by atoms with van der Waals surface area (Å²) in [5.74, 6) is -0.513. The third-order valence-corrected chi connectivity index (χ3v) is 5.02. The van der Waals surface area contributed by atoms with Crippen LogP contribution in [0.15, 0.2) is 42.6 Å². The van der Waals surface area contributed by atoms with Crippen molar-refractivity contribution in [2.24, 2.45) is 5.92 Å². The first-order valence-electron chi connectivity index (χ1n) is 8.41. The number of anilines is 1. The average molecular weight is 352 g/mol. The number of nitrogens with one attached hydrogen (secondary N) is 1. The molecule has 2 aliphatic carbocycles. The van der Waals surface area contributed by atoms with E-state index in [1.54, 1.807) is 24.4 Å². The fourth-order valence-electron chi connectivity index (χ4n) is 3.75. The summed E-state index contributed by atoms with van der Waals surface area (Å²) < 4.78 is 29.0. The first-order valence-corrected chi connectivity index (χ1v) is 8.41. The molecule has 1 saturated carbocycles. The molecule has 0 unspecified atom stereocenters. The highest BCUT2D eigenvalue weighted by Gasteiger charge is 2.50. The van der Waals surface area contributed by atoms with Crippen LogP contribution in [0.1, 0.15) is 34.1 Å². The molecule has 130 valence electrons. The van der Waals surface area contributed by atoms with Gasteiger partial charge in [-0.3, -0.25) is 4.79 Å². The Bertz CT molecular complexity index is 1030. The summed E-state index contributed by atoms with van der Waals surface area (Å²) in [5, 5.41) is 7.11. The van der Waals surface area contributed by atoms with Gasteiger partial charge in [0.15, 0.2) is 11.5 Å². The van der Waals surface area contributed by atoms with Crippen LogP contribution in [0.25, 0.3) is 5.69 Å². The second-order valence-corrected chi connectivity index (χ2v) is 6.70. The molecule has 0 bridgehead atoms. The van der Waals surface area contributed by atoms with Gasteiger partial charge in [0.25, 0.3) is 5.91 Å². The Morgan fingerprint density at radius 3 is 2.88 bits per heavy atom. The van der Waals surface area contributed by atoms with Crippen LogP contribution in [0.2, 0.25) is 0 Å². The zero-order chi connectivity index (χ0) is 17.8. The summed E-state index contributed by atoms with van der Waals surface area (Å²) in [4.78, 5) is 16.8. The standard InChI is InChI=1S/C19H14F2N4O/c20-11-4-5-15(14(21)9-11)25-18-12-7-10(12)8-13(18)17(24-25)19(26)23-16-3-1-2-6-22-16/h1-6,9-10,12H,7-8H2,(H,22,23,26)/t10-,12-/m1/s1. The molecule has 0 saturated heterocycles. The summed E-state index contributed by atoms with van der Waals surface area (Å²) in [6.45, 7) is 0. The number of hydrogen-bond acceptors (Lipinski definition) is 3. The molecule has 1 N–H and O–H groups in total. The zero-order valence-corrected chi connectivity index (χ0v) is 13.6. The Morgan fingerprint density at radius 2 is 2.12 bits per heavy atom. The fraction of sp³-hybridized carbons (Fsp3) is 0.211. The van der Waals surface area contributed by atoms with Crippen molar-refractivity contribution >= 4 is 11.7 Å². The first kappa shape index (κ1) is 15.2. The van der Waals surface area contributed by atoms with E-state index < -0.39 is 11.6 Å². The number of rotatable bonds is 3. The predicted molar refractivity (Wildman–Crippen MR) is 90.2 cm³/mol. The van der Waals surface area contributed by atoms with E-state index in [1.807, 2.05) is 0 Å². The summed E-state index contributed by atoms with van der Waals surface area (Å²) in [7, 11) is 0. The van der Waals surface area contributed by atoms with Crippen molar-refractivity contribution in [1.82, 2.24) is 14.8 Å². The van der Waals surface area contributed by atoms with Crippen LogP contribution >= 0.6 is 0 Å². The fourth-order valence-corrected chi connectivity index (χ4v) is 3.75. The number of amides is 1. The largest absolute Gasteiger partial charge is 0.305 e. The number of fused-ring (bicyclic) bond motifs is 3. The maximum Gasteiger partial charge on any atom is 0.277 e. The monoisotopic (exact) mass is 352 g/mol. The molecule has 7 heteroatoms. The lowest BCUT2D eigenvalue weighted by atomic mass is 10.1. The van der Waals surface area contributed by atoms with Gasteiger partial charge in [0.1, 0.15) is 17.3 Å². The van der Waals surface area contributed by atoms with Crippen LogP contribution in [0.4, 0.5) is 14.6 Å². The number of aromatic nitrogens is 3. The molecular weight excluding hydrogens is 338 g/mol. The lowest BCUT2D eigenvalue weighted by molar-refractivity contribution is 0.102. The van der Waals surface area contributed by atoms with E-state index in [4.69, 9.17) is 0 Å². The number of hydrogen-bond donors (Lipinski definition) is 1. The number of carbonyl (C=O) groups is 1. The van der Waals surface area contributed by atoms with Crippen molar-refractivity contribution in [3.8, 4) is 5.69 Å². The van der Waals surface area contributed by atoms with E-state index in [2.05, 4.69) is 15.4 Å². The Hall–Kier alpha value is -3.09. The van der Waals surface area contributed by atoms with Gasteiger partial charge in [-0.05, 0) is 43.0 Å². The molecule has 1 aromatic carbocycles. The maximum absolute atomic E-state index is 14.3. The third-order valence-electron chi connectivity index (χ3n) is 5.02. The second kappa shape index (κ2) is 5.45. The normalized spacial score (nSPS) is 19.8. The minimum atomic E-state index is -0.698. The number of nitrogens with zero attached hydrogens (tertiary/aromatic N) is 3. The van der Waals surface area contributed by atoms with Crippen LogP contribution in [0.5, 0.6) is 0 Å². The van der Waals surface area contributed by atoms with Crippen LogP contribution in [-0.2, 0) is 6.42 Å². The van der Waals surface area contributed by atoms with Gasteiger partial charge in [-0.2, -0.15) is 5.10 Å². The summed E-state index contributed by atoms with van der Waals surface area (Å²) in [5.41, 5.74) is 2.16. The number of pyridine rings is 1. The van der Waals surface area contributed by atoms with Gasteiger partial charge in [-0.25, -0.2) is 18.4 Å². The minimum absolute atomic E-state index is 0.159. The summed E-state index contributed by atoms with van der Waals surface area (Å²) in [6.07, 6.45) is 3.36. The minimum Gasteiger partial charge on any atom is -0.305 e. The molecular formula is C19H14F2N4O. The second-order valence-electron chi connectivity index (χ2n) is 6.70. The Balaban J connectivity index is 1.58. The van der Waals surface area contributed by atoms with E-state index in [0.29, 0.717) is 17.7 Å². The topological polar surface area (TPSA) is 59.8 Å². The predicted octanol–water partition coefficient (Wildman–Crippen LogP) is 3.46. The highest BCUT2D eigenvalue weighted by atomic mass is 19.1. The van der Waals surface area contributed by atoms with Crippen molar-refractivity contribution in [1.29, 1.82) is 0 Å². The van der Waals surface area contributed by atoms with Crippen LogP contribution < -0.4 is 5.32 Å². The van der Waals surface area contributed by atoms with Crippen molar-refractivity contribution in [3.05, 3.63) is 71.2 Å². The van der Waals surface area contributed by atoms with Crippen LogP contribution in [0.3, 0.4) is 0 Å². The van der Waals surface area contributed by atoms with Crippen LogP contribution in [0, 0.1) is 17.6 Å². The molecule has 2 heterocycles. The summed E-state index contributed by atoms with van der Waals surface area (Å²) in [6, 6.07) is 8.60. The van der Waals surface area contributed by atoms with Gasteiger partial charge in [-0.15, -0.1) is 0 Å². The average Bonchev–Trinajstić information content (AvgIpc) is 3.12. The van der Waals surface area contributed by atoms with E-state index in [9.17, 15) is 13.6 Å². The molecule has 3 aromatic rings. The molecule has 2 aliphatic rings. The van der Waals surface area contributed by atoms with Crippen LogP contribution in [-0.4, -0.2) is 20.7 Å². The quantitative estimate of drug-likeness (QED) is 0.785. The lowest BCUT2D eigenvalue weighted by Gasteiger charge is -2.07. The molecule has 2 atom stereocenters. The van der Waals surface area contributed by atoms with Crippen molar-refractivity contribution in [3.63, 3.8) is 0 Å². The van der Waals surface area contributed by atoms with Crippen molar-refractivity contribution < 1.29 is 13.6 Å². The molecule has 1 amide bonds. The van der Waals surface area contributed by atoms with E-state index >= 15 is 0 Å². The van der Waals surface area contributed by atoms with E-state index in [1.165, 1.54) is 16.8 Å². The zero-order valence-electron chi connectivity index (χ0n) is 13.6. The maximum atomic E-state index is 14.3. The molecule has 0 spiro atoms. The molecule has 1 fully saturated rings. The molecule has 0 radical (unpaired) electrons. The van der Waals surface area contributed by atoms with Crippen molar-refractivity contribution in [2.75, 3.05) is 5.32 Å². The SMILES string of the molecule is O=C(Nc1ccccn1)c1nn(-c2ccc(F)cc2F)c2c1C[C@H]1C[C@@H]21. The molecule has 2 aromatic heterocycles. The van der Waals surface area contributed by atoms with Gasteiger partial charge in [0.05, 0.1) is 5.69 Å². The summed E-state index contributed by atoms with van der Waals surface area (Å²) >= 11 is 0. The van der Waals surface area contributed by atoms with Crippen molar-refractivity contribution in [2.45, 2.75) is 18.8 Å². The van der Waals surface area contributed by atoms with Gasteiger partial charge < -0.3 is 5.32 Å². The number of halogens is 2. The Morgan fingerprint density at radius 1 is 1.23 bits per heavy atom. The molecule has 0 aliphatic heterocycles. The first-order chi connectivity index (χ1) is 12.6. The Labute approximate surface area is 147 Å². The number of carbonyl (C=O) groups excluding carboxylic acids is 1. The van der Waals surface area contributed by atoms with Gasteiger partial charge >= 0.3 is 0 Å². The highest BCUT2D eigenvalue weighted by molar-refractivity contribution is 6.03. The Kier molecular flexibility index (Phi) is 3.19.